The average Bonchev–Trinajstić information content (AvgIpc) is 2.07. The van der Waals surface area contributed by atoms with E-state index in [2.05, 4.69) is 61.8 Å². The molecule has 0 radical (unpaired) electrons. The lowest BCUT2D eigenvalue weighted by molar-refractivity contribution is 0.273. The van der Waals surface area contributed by atoms with Crippen LogP contribution in [0.2, 0.25) is 0 Å². The fraction of sp³-hybridized carbons (Fsp3) is 0.538. The SMILES string of the molecule is CC1(C)Cc2ccc(Br)cc2SC1(C)C. The molecule has 1 aromatic carbocycles. The van der Waals surface area contributed by atoms with Gasteiger partial charge in [-0.15, -0.1) is 11.8 Å². The molecule has 0 nitrogen and oxygen atoms in total. The van der Waals surface area contributed by atoms with E-state index in [0.717, 1.165) is 0 Å². The van der Waals surface area contributed by atoms with Gasteiger partial charge in [-0.2, -0.15) is 0 Å². The van der Waals surface area contributed by atoms with E-state index in [1.165, 1.54) is 21.4 Å². The van der Waals surface area contributed by atoms with E-state index in [-0.39, 0.29) is 0 Å². The molecule has 1 aliphatic rings. The molecule has 0 aliphatic carbocycles. The largest absolute Gasteiger partial charge is 0.119 e. The van der Waals surface area contributed by atoms with Crippen LogP contribution >= 0.6 is 27.7 Å². The third kappa shape index (κ3) is 1.99. The van der Waals surface area contributed by atoms with Crippen LogP contribution in [0.5, 0.6) is 0 Å². The summed E-state index contributed by atoms with van der Waals surface area (Å²) >= 11 is 5.55. The van der Waals surface area contributed by atoms with E-state index < -0.39 is 0 Å². The number of rotatable bonds is 0. The van der Waals surface area contributed by atoms with Crippen LogP contribution in [0.1, 0.15) is 33.3 Å². The first kappa shape index (κ1) is 11.5. The maximum Gasteiger partial charge on any atom is 0.0205 e. The summed E-state index contributed by atoms with van der Waals surface area (Å²) in [4.78, 5) is 1.44. The Hall–Kier alpha value is 0.0500. The summed E-state index contributed by atoms with van der Waals surface area (Å²) in [7, 11) is 0. The maximum atomic E-state index is 3.54. The van der Waals surface area contributed by atoms with Gasteiger partial charge in [-0.1, -0.05) is 35.8 Å². The van der Waals surface area contributed by atoms with Gasteiger partial charge in [0.2, 0.25) is 0 Å². The molecule has 1 heterocycles. The van der Waals surface area contributed by atoms with Crippen molar-refractivity contribution in [1.82, 2.24) is 0 Å². The molecule has 82 valence electrons. The van der Waals surface area contributed by atoms with Gasteiger partial charge in [0.1, 0.15) is 0 Å². The second kappa shape index (κ2) is 3.53. The van der Waals surface area contributed by atoms with Crippen molar-refractivity contribution in [3.8, 4) is 0 Å². The van der Waals surface area contributed by atoms with Gasteiger partial charge in [0, 0.05) is 14.1 Å². The zero-order chi connectivity index (χ0) is 11.3. The molecule has 0 fully saturated rings. The summed E-state index contributed by atoms with van der Waals surface area (Å²) in [6.07, 6.45) is 1.18. The summed E-state index contributed by atoms with van der Waals surface area (Å²) < 4.78 is 1.49. The third-order valence-corrected chi connectivity index (χ3v) is 5.81. The van der Waals surface area contributed by atoms with Crippen molar-refractivity contribution in [3.05, 3.63) is 28.2 Å². The molecule has 0 N–H and O–H groups in total. The first-order chi connectivity index (χ1) is 6.82. The lowest BCUT2D eigenvalue weighted by Crippen LogP contribution is -2.40. The number of hydrogen-bond acceptors (Lipinski definition) is 1. The molecule has 0 bridgehead atoms. The minimum Gasteiger partial charge on any atom is -0.119 e. The normalized spacial score (nSPS) is 22.2. The van der Waals surface area contributed by atoms with Crippen LogP contribution in [0.4, 0.5) is 0 Å². The highest BCUT2D eigenvalue weighted by Gasteiger charge is 2.41. The van der Waals surface area contributed by atoms with Crippen LogP contribution in [0, 0.1) is 5.41 Å². The van der Waals surface area contributed by atoms with Crippen molar-refractivity contribution >= 4 is 27.7 Å². The zero-order valence-corrected chi connectivity index (χ0v) is 12.1. The van der Waals surface area contributed by atoms with E-state index in [9.17, 15) is 0 Å². The maximum absolute atomic E-state index is 3.54. The number of benzene rings is 1. The number of halogens is 1. The van der Waals surface area contributed by atoms with Gasteiger partial charge < -0.3 is 0 Å². The first-order valence-electron chi connectivity index (χ1n) is 5.29. The Labute approximate surface area is 105 Å². The van der Waals surface area contributed by atoms with Gasteiger partial charge in [-0.25, -0.2) is 0 Å². The molecule has 0 saturated carbocycles. The molecular formula is C13H17BrS. The lowest BCUT2D eigenvalue weighted by atomic mass is 9.75. The fourth-order valence-electron chi connectivity index (χ4n) is 1.87. The summed E-state index contributed by atoms with van der Waals surface area (Å²) in [6, 6.07) is 6.65. The first-order valence-corrected chi connectivity index (χ1v) is 6.90. The van der Waals surface area contributed by atoms with E-state index in [1.54, 1.807) is 0 Å². The second-order valence-electron chi connectivity index (χ2n) is 5.43. The Morgan fingerprint density at radius 1 is 1.20 bits per heavy atom. The molecular weight excluding hydrogens is 268 g/mol. The highest BCUT2D eigenvalue weighted by molar-refractivity contribution is 9.10. The Morgan fingerprint density at radius 3 is 2.53 bits per heavy atom. The van der Waals surface area contributed by atoms with Gasteiger partial charge in [0.15, 0.2) is 0 Å². The van der Waals surface area contributed by atoms with E-state index in [4.69, 9.17) is 0 Å². The molecule has 15 heavy (non-hydrogen) atoms. The Bertz CT molecular complexity index is 394. The minimum absolute atomic E-state index is 0.306. The van der Waals surface area contributed by atoms with E-state index in [1.807, 2.05) is 11.8 Å². The van der Waals surface area contributed by atoms with Crippen LogP contribution in [-0.2, 0) is 6.42 Å². The van der Waals surface area contributed by atoms with Crippen LogP contribution < -0.4 is 0 Å². The Balaban J connectivity index is 2.47. The van der Waals surface area contributed by atoms with Crippen LogP contribution in [0.25, 0.3) is 0 Å². The standard InChI is InChI=1S/C13H17BrS/c1-12(2)8-9-5-6-10(14)7-11(9)15-13(12,3)4/h5-7H,8H2,1-4H3. The van der Waals surface area contributed by atoms with Crippen LogP contribution in [-0.4, -0.2) is 4.75 Å². The fourth-order valence-corrected chi connectivity index (χ4v) is 3.74. The Morgan fingerprint density at radius 2 is 1.87 bits per heavy atom. The predicted molar refractivity (Wildman–Crippen MR) is 71.6 cm³/mol. The molecule has 0 spiro atoms. The lowest BCUT2D eigenvalue weighted by Gasteiger charge is -2.45. The van der Waals surface area contributed by atoms with Crippen LogP contribution in [0.3, 0.4) is 0 Å². The van der Waals surface area contributed by atoms with Crippen molar-refractivity contribution in [1.29, 1.82) is 0 Å². The topological polar surface area (TPSA) is 0 Å². The average molecular weight is 285 g/mol. The third-order valence-electron chi connectivity index (χ3n) is 3.66. The van der Waals surface area contributed by atoms with E-state index in [0.29, 0.717) is 10.2 Å². The monoisotopic (exact) mass is 284 g/mol. The highest BCUT2D eigenvalue weighted by atomic mass is 79.9. The van der Waals surface area contributed by atoms with Crippen molar-refractivity contribution < 1.29 is 0 Å². The second-order valence-corrected chi connectivity index (χ2v) is 8.01. The summed E-state index contributed by atoms with van der Waals surface area (Å²) in [5.41, 5.74) is 1.85. The van der Waals surface area contributed by atoms with E-state index >= 15 is 0 Å². The quantitative estimate of drug-likeness (QED) is 0.653. The minimum atomic E-state index is 0.306. The summed E-state index contributed by atoms with van der Waals surface area (Å²) in [6.45, 7) is 9.43. The molecule has 2 heteroatoms. The van der Waals surface area contributed by atoms with Crippen LogP contribution in [0.15, 0.2) is 27.6 Å². The van der Waals surface area contributed by atoms with Crippen molar-refractivity contribution in [2.24, 2.45) is 5.41 Å². The van der Waals surface area contributed by atoms with Gasteiger partial charge in [-0.3, -0.25) is 0 Å². The van der Waals surface area contributed by atoms with Crippen molar-refractivity contribution in [2.75, 3.05) is 0 Å². The molecule has 2 rings (SSSR count). The van der Waals surface area contributed by atoms with Gasteiger partial charge >= 0.3 is 0 Å². The molecule has 1 aliphatic heterocycles. The molecule has 0 unspecified atom stereocenters. The number of thioether (sulfide) groups is 1. The van der Waals surface area contributed by atoms with Crippen molar-refractivity contribution in [3.63, 3.8) is 0 Å². The summed E-state index contributed by atoms with van der Waals surface area (Å²) in [5.74, 6) is 0. The predicted octanol–water partition coefficient (Wildman–Crippen LogP) is 4.90. The molecule has 0 aromatic heterocycles. The van der Waals surface area contributed by atoms with Crippen molar-refractivity contribution in [2.45, 2.75) is 43.8 Å². The highest BCUT2D eigenvalue weighted by Crippen LogP contribution is 2.52. The van der Waals surface area contributed by atoms with Gasteiger partial charge in [0.25, 0.3) is 0 Å². The van der Waals surface area contributed by atoms with Gasteiger partial charge in [-0.05, 0) is 43.4 Å². The Kier molecular flexibility index (Phi) is 2.71. The van der Waals surface area contributed by atoms with Gasteiger partial charge in [0.05, 0.1) is 0 Å². The smallest absolute Gasteiger partial charge is 0.0205 e. The number of fused-ring (bicyclic) bond motifs is 1. The molecule has 0 saturated heterocycles. The summed E-state index contributed by atoms with van der Waals surface area (Å²) in [5, 5.41) is 0. The number of hydrogen-bond donors (Lipinski definition) is 0. The molecule has 1 aromatic rings. The molecule has 0 atom stereocenters. The zero-order valence-electron chi connectivity index (χ0n) is 9.73. The molecule has 0 amide bonds.